The predicted molar refractivity (Wildman–Crippen MR) is 198 cm³/mol. The van der Waals surface area contributed by atoms with Gasteiger partial charge in [-0.2, -0.15) is 0 Å². The van der Waals surface area contributed by atoms with Gasteiger partial charge in [0.2, 0.25) is 0 Å². The fourth-order valence-electron chi connectivity index (χ4n) is 7.03. The Labute approximate surface area is 279 Å². The standard InChI is InChI=1S/C42H83N2/c1-4-7-10-13-15-17-19-21-22-23-24-25-27-29-31-33-36-39-44-41-40-43(38-35-12-9-6-3)42(44)37-34-32-30-28-26-20-18-16-14-11-8-5-2/h40-41H,4-39H2,1-3H3/q+1. The van der Waals surface area contributed by atoms with E-state index in [0.717, 1.165) is 0 Å². The van der Waals surface area contributed by atoms with Crippen molar-refractivity contribution >= 4 is 0 Å². The molecule has 260 valence electrons. The largest absolute Gasteiger partial charge is 0.256 e. The maximum absolute atomic E-state index is 2.63. The second-order valence-corrected chi connectivity index (χ2v) is 14.5. The van der Waals surface area contributed by atoms with Gasteiger partial charge in [-0.1, -0.05) is 201 Å². The van der Waals surface area contributed by atoms with Gasteiger partial charge in [0.25, 0.3) is 5.82 Å². The molecule has 0 spiro atoms. The van der Waals surface area contributed by atoms with Gasteiger partial charge in [-0.05, 0) is 32.1 Å². The number of aromatic nitrogens is 2. The maximum atomic E-state index is 2.63. The summed E-state index contributed by atoms with van der Waals surface area (Å²) in [6, 6.07) is 0. The van der Waals surface area contributed by atoms with E-state index < -0.39 is 0 Å². The zero-order valence-electron chi connectivity index (χ0n) is 31.0. The van der Waals surface area contributed by atoms with Gasteiger partial charge in [0.1, 0.15) is 12.4 Å². The lowest BCUT2D eigenvalue weighted by atomic mass is 10.0. The summed E-state index contributed by atoms with van der Waals surface area (Å²) >= 11 is 0. The van der Waals surface area contributed by atoms with Crippen LogP contribution in [0.1, 0.15) is 238 Å². The molecule has 1 aromatic heterocycles. The molecule has 0 saturated carbocycles. The molecule has 0 atom stereocenters. The number of aryl methyl sites for hydroxylation is 2. The molecule has 44 heavy (non-hydrogen) atoms. The third-order valence-electron chi connectivity index (χ3n) is 10.1. The molecule has 1 heterocycles. The lowest BCUT2D eigenvalue weighted by Crippen LogP contribution is -2.37. The third-order valence-corrected chi connectivity index (χ3v) is 10.1. The fourth-order valence-corrected chi connectivity index (χ4v) is 7.03. The monoisotopic (exact) mass is 616 g/mol. The van der Waals surface area contributed by atoms with E-state index in [2.05, 4.69) is 42.3 Å². The number of hydrogen-bond donors (Lipinski definition) is 0. The lowest BCUT2D eigenvalue weighted by molar-refractivity contribution is -0.704. The van der Waals surface area contributed by atoms with Crippen LogP contribution in [0.15, 0.2) is 12.4 Å². The van der Waals surface area contributed by atoms with Gasteiger partial charge in [-0.3, -0.25) is 0 Å². The predicted octanol–water partition coefficient (Wildman–Crippen LogP) is 14.3. The minimum absolute atomic E-state index is 1.22. The minimum atomic E-state index is 1.22. The summed E-state index contributed by atoms with van der Waals surface area (Å²) in [4.78, 5) is 0. The first kappa shape index (κ1) is 41.2. The molecule has 0 aromatic carbocycles. The average Bonchev–Trinajstić information content (AvgIpc) is 3.42. The van der Waals surface area contributed by atoms with E-state index >= 15 is 0 Å². The molecule has 0 bridgehead atoms. The molecular formula is C42H83N2+. The van der Waals surface area contributed by atoms with Crippen LogP contribution in [-0.4, -0.2) is 4.57 Å². The number of imidazole rings is 1. The first-order valence-electron chi connectivity index (χ1n) is 20.9. The van der Waals surface area contributed by atoms with Crippen LogP contribution >= 0.6 is 0 Å². The Kier molecular flexibility index (Phi) is 31.5. The molecule has 0 fully saturated rings. The molecule has 0 aliphatic heterocycles. The van der Waals surface area contributed by atoms with Crippen LogP contribution in [0, 0.1) is 0 Å². The molecule has 0 radical (unpaired) electrons. The Morgan fingerprint density at radius 1 is 0.386 bits per heavy atom. The van der Waals surface area contributed by atoms with Crippen LogP contribution in [-0.2, 0) is 19.5 Å². The Morgan fingerprint density at radius 3 is 1.09 bits per heavy atom. The number of rotatable bonds is 36. The highest BCUT2D eigenvalue weighted by Crippen LogP contribution is 2.16. The summed E-state index contributed by atoms with van der Waals surface area (Å²) in [5.41, 5.74) is 0. The second kappa shape index (κ2) is 33.6. The van der Waals surface area contributed by atoms with Gasteiger partial charge in [-0.25, -0.2) is 9.13 Å². The fraction of sp³-hybridized carbons (Fsp3) is 0.929. The minimum Gasteiger partial charge on any atom is -0.234 e. The first-order chi connectivity index (χ1) is 21.8. The average molecular weight is 616 g/mol. The highest BCUT2D eigenvalue weighted by molar-refractivity contribution is 4.84. The number of nitrogens with zero attached hydrogens (tertiary/aromatic N) is 2. The van der Waals surface area contributed by atoms with Crippen LogP contribution in [0.4, 0.5) is 0 Å². The molecule has 0 aliphatic carbocycles. The van der Waals surface area contributed by atoms with Gasteiger partial charge in [-0.15, -0.1) is 0 Å². The molecule has 0 amide bonds. The molecule has 2 heteroatoms. The van der Waals surface area contributed by atoms with Gasteiger partial charge in [0, 0.05) is 6.42 Å². The van der Waals surface area contributed by atoms with E-state index in [4.69, 9.17) is 0 Å². The highest BCUT2D eigenvalue weighted by Gasteiger charge is 2.16. The number of unbranched alkanes of at least 4 members (excludes halogenated alkanes) is 30. The molecule has 1 aromatic rings. The Hall–Kier alpha value is -0.790. The summed E-state index contributed by atoms with van der Waals surface area (Å²) in [5, 5.41) is 0. The van der Waals surface area contributed by atoms with Gasteiger partial charge in [0.15, 0.2) is 0 Å². The molecule has 0 N–H and O–H groups in total. The highest BCUT2D eigenvalue weighted by atomic mass is 15.1. The SMILES string of the molecule is CCCCCCCCCCCCCCCCCCC[n+]1ccn(CCCCCC)c1CCCCCCCCCCCCCC. The zero-order chi connectivity index (χ0) is 31.6. The molecule has 1 rings (SSSR count). The van der Waals surface area contributed by atoms with Crippen molar-refractivity contribution in [2.75, 3.05) is 0 Å². The summed E-state index contributed by atoms with van der Waals surface area (Å²) in [6.45, 7) is 9.40. The van der Waals surface area contributed by atoms with Crippen LogP contribution in [0.5, 0.6) is 0 Å². The summed E-state index contributed by atoms with van der Waals surface area (Å²) in [7, 11) is 0. The van der Waals surface area contributed by atoms with Gasteiger partial charge in [0.05, 0.1) is 13.1 Å². The zero-order valence-corrected chi connectivity index (χ0v) is 31.0. The Morgan fingerprint density at radius 2 is 0.705 bits per heavy atom. The summed E-state index contributed by atoms with van der Waals surface area (Å²) in [5.74, 6) is 1.62. The molecule has 0 saturated heterocycles. The number of hydrogen-bond acceptors (Lipinski definition) is 0. The van der Waals surface area contributed by atoms with E-state index in [9.17, 15) is 0 Å². The van der Waals surface area contributed by atoms with Crippen molar-refractivity contribution in [1.29, 1.82) is 0 Å². The van der Waals surface area contributed by atoms with Crippen molar-refractivity contribution in [2.24, 2.45) is 0 Å². The lowest BCUT2D eigenvalue weighted by Gasteiger charge is -2.07. The van der Waals surface area contributed by atoms with E-state index in [-0.39, 0.29) is 0 Å². The van der Waals surface area contributed by atoms with Crippen LogP contribution in [0.3, 0.4) is 0 Å². The molecule has 0 unspecified atom stereocenters. The van der Waals surface area contributed by atoms with E-state index in [1.165, 1.54) is 231 Å². The normalized spacial score (nSPS) is 11.6. The Bertz CT molecular complexity index is 677. The second-order valence-electron chi connectivity index (χ2n) is 14.5. The van der Waals surface area contributed by atoms with Gasteiger partial charge < -0.3 is 0 Å². The van der Waals surface area contributed by atoms with Crippen molar-refractivity contribution in [3.8, 4) is 0 Å². The van der Waals surface area contributed by atoms with Crippen LogP contribution < -0.4 is 4.57 Å². The third kappa shape index (κ3) is 25.4. The van der Waals surface area contributed by atoms with Crippen molar-refractivity contribution in [3.05, 3.63) is 18.2 Å². The quantitative estimate of drug-likeness (QED) is 0.0524. The summed E-state index contributed by atoms with van der Waals surface area (Å²) in [6.07, 6.45) is 53.4. The van der Waals surface area contributed by atoms with Crippen LogP contribution in [0.2, 0.25) is 0 Å². The molecule has 2 nitrogen and oxygen atoms in total. The van der Waals surface area contributed by atoms with E-state index in [0.29, 0.717) is 0 Å². The topological polar surface area (TPSA) is 8.81 Å². The van der Waals surface area contributed by atoms with Crippen LogP contribution in [0.25, 0.3) is 0 Å². The Balaban J connectivity index is 2.13. The first-order valence-corrected chi connectivity index (χ1v) is 20.9. The van der Waals surface area contributed by atoms with Crippen molar-refractivity contribution in [3.63, 3.8) is 0 Å². The van der Waals surface area contributed by atoms with E-state index in [1.54, 1.807) is 5.82 Å². The van der Waals surface area contributed by atoms with Crippen molar-refractivity contribution in [2.45, 2.75) is 252 Å². The van der Waals surface area contributed by atoms with E-state index in [1.807, 2.05) is 0 Å². The molecule has 0 aliphatic rings. The van der Waals surface area contributed by atoms with Gasteiger partial charge >= 0.3 is 0 Å². The summed E-state index contributed by atoms with van der Waals surface area (Å²) < 4.78 is 5.24. The van der Waals surface area contributed by atoms with Crippen molar-refractivity contribution in [1.82, 2.24) is 4.57 Å². The van der Waals surface area contributed by atoms with Crippen molar-refractivity contribution < 1.29 is 4.57 Å². The molecular weight excluding hydrogens is 532 g/mol. The maximum Gasteiger partial charge on any atom is 0.256 e. The smallest absolute Gasteiger partial charge is 0.234 e.